The Morgan fingerprint density at radius 1 is 1.50 bits per heavy atom. The lowest BCUT2D eigenvalue weighted by Crippen LogP contribution is -2.15. The molecule has 1 aromatic carbocycles. The maximum absolute atomic E-state index is 11.8. The average Bonchev–Trinajstić information content (AvgIpc) is 2.26. The number of nitrogens with one attached hydrogen (secondary N) is 1. The number of nitro groups is 1. The van der Waals surface area contributed by atoms with Crippen LogP contribution in [-0.4, -0.2) is 23.2 Å². The molecule has 0 unspecified atom stereocenters. The number of rotatable bonds is 6. The van der Waals surface area contributed by atoms with Gasteiger partial charge in [-0.2, -0.15) is 0 Å². The van der Waals surface area contributed by atoms with Crippen molar-refractivity contribution in [1.82, 2.24) is 5.32 Å². The summed E-state index contributed by atoms with van der Waals surface area (Å²) in [5.74, 6) is -0.00153. The molecule has 0 fully saturated rings. The first-order valence-electron chi connectivity index (χ1n) is 4.88. The summed E-state index contributed by atoms with van der Waals surface area (Å²) >= 11 is 0. The van der Waals surface area contributed by atoms with Crippen LogP contribution in [0, 0.1) is 10.1 Å². The second-order valence-electron chi connectivity index (χ2n) is 3.29. The van der Waals surface area contributed by atoms with Crippen LogP contribution in [0.15, 0.2) is 18.2 Å². The van der Waals surface area contributed by atoms with E-state index in [1.165, 1.54) is 18.2 Å². The van der Waals surface area contributed by atoms with Gasteiger partial charge in [0, 0.05) is 24.2 Å². The molecule has 0 saturated heterocycles. The first kappa shape index (κ1) is 12.4. The van der Waals surface area contributed by atoms with Gasteiger partial charge >= 0.3 is 0 Å². The number of nitrogens with zero attached hydrogens (tertiary/aromatic N) is 1. The zero-order valence-electron chi connectivity index (χ0n) is 8.65. The van der Waals surface area contributed by atoms with Gasteiger partial charge in [0.2, 0.25) is 0 Å². The van der Waals surface area contributed by atoms with Crippen molar-refractivity contribution in [2.45, 2.75) is 13.0 Å². The molecule has 88 valence electrons. The van der Waals surface area contributed by atoms with Crippen LogP contribution < -0.4 is 5.32 Å². The number of alkyl halides is 1. The molecule has 0 amide bonds. The van der Waals surface area contributed by atoms with Gasteiger partial charge in [-0.05, 0) is 19.0 Å². The number of hydrogen-bond acceptors (Lipinski definition) is 4. The number of phenols is 1. The van der Waals surface area contributed by atoms with E-state index in [9.17, 15) is 19.6 Å². The number of halogens is 1. The molecule has 0 heterocycles. The van der Waals surface area contributed by atoms with Crippen LogP contribution in [0.3, 0.4) is 0 Å². The number of nitro benzene ring substituents is 1. The smallest absolute Gasteiger partial charge is 0.270 e. The predicted molar refractivity (Wildman–Crippen MR) is 57.1 cm³/mol. The molecule has 0 aliphatic heterocycles. The summed E-state index contributed by atoms with van der Waals surface area (Å²) in [5, 5.41) is 22.8. The normalized spacial score (nSPS) is 10.3. The van der Waals surface area contributed by atoms with Gasteiger partial charge < -0.3 is 10.4 Å². The van der Waals surface area contributed by atoms with Crippen LogP contribution in [0.4, 0.5) is 10.1 Å². The molecule has 5 nitrogen and oxygen atoms in total. The van der Waals surface area contributed by atoms with E-state index in [0.29, 0.717) is 18.5 Å². The van der Waals surface area contributed by atoms with E-state index in [1.807, 2.05) is 0 Å². The molecule has 1 aromatic rings. The zero-order chi connectivity index (χ0) is 12.0. The number of benzene rings is 1. The predicted octanol–water partition coefficient (Wildman–Crippen LogP) is 1.75. The van der Waals surface area contributed by atoms with Gasteiger partial charge in [0.15, 0.2) is 0 Å². The fraction of sp³-hybridized carbons (Fsp3) is 0.400. The number of non-ortho nitro benzene ring substituents is 1. The van der Waals surface area contributed by atoms with Gasteiger partial charge in [0.05, 0.1) is 11.6 Å². The summed E-state index contributed by atoms with van der Waals surface area (Å²) in [6.07, 6.45) is 0.385. The number of phenolic OH excluding ortho intramolecular Hbond substituents is 1. The standard InChI is InChI=1S/C10H13FN2O3/c11-4-1-5-12-7-8-6-9(13(15)16)2-3-10(8)14/h2-3,6,12,14H,1,4-5,7H2. The van der Waals surface area contributed by atoms with Crippen LogP contribution in [-0.2, 0) is 6.54 Å². The highest BCUT2D eigenvalue weighted by Crippen LogP contribution is 2.22. The summed E-state index contributed by atoms with van der Waals surface area (Å²) in [5.41, 5.74) is 0.369. The first-order chi connectivity index (χ1) is 7.65. The lowest BCUT2D eigenvalue weighted by atomic mass is 10.2. The molecular weight excluding hydrogens is 215 g/mol. The van der Waals surface area contributed by atoms with E-state index in [-0.39, 0.29) is 18.0 Å². The molecule has 0 atom stereocenters. The Labute approximate surface area is 92.1 Å². The Morgan fingerprint density at radius 3 is 2.88 bits per heavy atom. The summed E-state index contributed by atoms with van der Waals surface area (Å²) in [7, 11) is 0. The third-order valence-corrected chi connectivity index (χ3v) is 2.08. The molecular formula is C10H13FN2O3. The minimum Gasteiger partial charge on any atom is -0.508 e. The van der Waals surface area contributed by atoms with Crippen molar-refractivity contribution in [1.29, 1.82) is 0 Å². The van der Waals surface area contributed by atoms with E-state index >= 15 is 0 Å². The van der Waals surface area contributed by atoms with Gasteiger partial charge in [0.1, 0.15) is 5.75 Å². The molecule has 6 heteroatoms. The van der Waals surface area contributed by atoms with Crippen LogP contribution in [0.2, 0.25) is 0 Å². The molecule has 0 aliphatic carbocycles. The Morgan fingerprint density at radius 2 is 2.25 bits per heavy atom. The fourth-order valence-corrected chi connectivity index (χ4v) is 1.24. The van der Waals surface area contributed by atoms with Crippen molar-refractivity contribution >= 4 is 5.69 Å². The van der Waals surface area contributed by atoms with E-state index < -0.39 is 11.6 Å². The zero-order valence-corrected chi connectivity index (χ0v) is 8.65. The quantitative estimate of drug-likeness (QED) is 0.442. The highest BCUT2D eigenvalue weighted by Gasteiger charge is 2.09. The Bertz CT molecular complexity index is 371. The molecule has 0 aromatic heterocycles. The van der Waals surface area contributed by atoms with Crippen molar-refractivity contribution in [3.63, 3.8) is 0 Å². The van der Waals surface area contributed by atoms with Gasteiger partial charge in [-0.25, -0.2) is 0 Å². The fourth-order valence-electron chi connectivity index (χ4n) is 1.24. The maximum atomic E-state index is 11.8. The van der Waals surface area contributed by atoms with E-state index in [2.05, 4.69) is 5.32 Å². The highest BCUT2D eigenvalue weighted by atomic mass is 19.1. The third kappa shape index (κ3) is 3.47. The van der Waals surface area contributed by atoms with Gasteiger partial charge in [0.25, 0.3) is 5.69 Å². The Hall–Kier alpha value is -1.69. The molecule has 0 saturated carbocycles. The van der Waals surface area contributed by atoms with Crippen molar-refractivity contribution < 1.29 is 14.4 Å². The molecule has 0 bridgehead atoms. The molecule has 1 rings (SSSR count). The second-order valence-corrected chi connectivity index (χ2v) is 3.29. The second kappa shape index (κ2) is 6.02. The summed E-state index contributed by atoms with van der Waals surface area (Å²) in [6.45, 7) is 0.347. The van der Waals surface area contributed by atoms with E-state index in [1.54, 1.807) is 0 Å². The molecule has 0 spiro atoms. The molecule has 2 N–H and O–H groups in total. The van der Waals surface area contributed by atoms with Crippen molar-refractivity contribution in [3.8, 4) is 5.75 Å². The van der Waals surface area contributed by atoms with Gasteiger partial charge in [-0.1, -0.05) is 0 Å². The minimum absolute atomic E-state index is 0.00153. The Kier molecular flexibility index (Phi) is 4.65. The van der Waals surface area contributed by atoms with Crippen LogP contribution in [0.1, 0.15) is 12.0 Å². The van der Waals surface area contributed by atoms with Crippen LogP contribution >= 0.6 is 0 Å². The highest BCUT2D eigenvalue weighted by molar-refractivity contribution is 5.42. The number of aromatic hydroxyl groups is 1. The van der Waals surface area contributed by atoms with E-state index in [0.717, 1.165) is 0 Å². The minimum atomic E-state index is -0.523. The lowest BCUT2D eigenvalue weighted by Gasteiger charge is -2.05. The Balaban J connectivity index is 2.63. The van der Waals surface area contributed by atoms with E-state index in [4.69, 9.17) is 0 Å². The van der Waals surface area contributed by atoms with Gasteiger partial charge in [-0.3, -0.25) is 14.5 Å². The van der Waals surface area contributed by atoms with Crippen molar-refractivity contribution in [2.24, 2.45) is 0 Å². The summed E-state index contributed by atoms with van der Waals surface area (Å²) in [6, 6.07) is 3.82. The largest absolute Gasteiger partial charge is 0.508 e. The van der Waals surface area contributed by atoms with Crippen LogP contribution in [0.5, 0.6) is 5.75 Å². The molecule has 16 heavy (non-hydrogen) atoms. The topological polar surface area (TPSA) is 75.4 Å². The van der Waals surface area contributed by atoms with Crippen molar-refractivity contribution in [2.75, 3.05) is 13.2 Å². The SMILES string of the molecule is O=[N+]([O-])c1ccc(O)c(CNCCCF)c1. The number of hydrogen-bond donors (Lipinski definition) is 2. The molecule has 0 radical (unpaired) electrons. The van der Waals surface area contributed by atoms with Crippen LogP contribution in [0.25, 0.3) is 0 Å². The monoisotopic (exact) mass is 228 g/mol. The lowest BCUT2D eigenvalue weighted by molar-refractivity contribution is -0.384. The third-order valence-electron chi connectivity index (χ3n) is 2.08. The van der Waals surface area contributed by atoms with Crippen molar-refractivity contribution in [3.05, 3.63) is 33.9 Å². The van der Waals surface area contributed by atoms with Gasteiger partial charge in [-0.15, -0.1) is 0 Å². The summed E-state index contributed by atoms with van der Waals surface area (Å²) < 4.78 is 11.8. The average molecular weight is 228 g/mol. The first-order valence-corrected chi connectivity index (χ1v) is 4.88. The maximum Gasteiger partial charge on any atom is 0.270 e. The molecule has 0 aliphatic rings. The summed E-state index contributed by atoms with van der Waals surface area (Å²) in [4.78, 5) is 9.97.